The minimum absolute atomic E-state index is 0.136. The van der Waals surface area contributed by atoms with Crippen molar-refractivity contribution in [1.82, 2.24) is 0 Å². The van der Waals surface area contributed by atoms with Crippen LogP contribution in [0.15, 0.2) is 12.2 Å². The van der Waals surface area contributed by atoms with Crippen LogP contribution in [-0.2, 0) is 14.3 Å². The maximum absolute atomic E-state index is 11.7. The fourth-order valence-electron chi connectivity index (χ4n) is 3.22. The Balaban J connectivity index is 2.77. The highest BCUT2D eigenvalue weighted by atomic mass is 16.5. The number of hydrogen-bond donors (Lipinski definition) is 1. The van der Waals surface area contributed by atoms with Crippen LogP contribution in [0.2, 0.25) is 0 Å². The van der Waals surface area contributed by atoms with E-state index in [4.69, 9.17) is 9.47 Å². The minimum Gasteiger partial charge on any atom is -0.459 e. The van der Waals surface area contributed by atoms with Crippen molar-refractivity contribution < 1.29 is 19.4 Å². The molecule has 1 aliphatic rings. The molecule has 0 spiro atoms. The van der Waals surface area contributed by atoms with Gasteiger partial charge in [0.1, 0.15) is 6.10 Å². The fraction of sp³-hybridized carbons (Fsp3) is 0.842. The summed E-state index contributed by atoms with van der Waals surface area (Å²) in [5, 5.41) is 10.2. The van der Waals surface area contributed by atoms with Crippen LogP contribution in [0.1, 0.15) is 67.7 Å². The number of hydrogen-bond acceptors (Lipinski definition) is 4. The van der Waals surface area contributed by atoms with Gasteiger partial charge in [0.05, 0.1) is 17.3 Å². The Morgan fingerprint density at radius 3 is 2.22 bits per heavy atom. The van der Waals surface area contributed by atoms with Crippen LogP contribution in [0, 0.1) is 11.8 Å². The van der Waals surface area contributed by atoms with E-state index in [1.165, 1.54) is 0 Å². The summed E-state index contributed by atoms with van der Waals surface area (Å²) in [7, 11) is 0. The summed E-state index contributed by atoms with van der Waals surface area (Å²) in [6, 6.07) is 0. The van der Waals surface area contributed by atoms with Gasteiger partial charge in [-0.05, 0) is 59.8 Å². The van der Waals surface area contributed by atoms with Crippen LogP contribution >= 0.6 is 0 Å². The summed E-state index contributed by atoms with van der Waals surface area (Å²) in [5.74, 6) is 0.343. The Morgan fingerprint density at radius 1 is 1.30 bits per heavy atom. The summed E-state index contributed by atoms with van der Waals surface area (Å²) in [5.41, 5.74) is -0.718. The third kappa shape index (κ3) is 4.80. The van der Waals surface area contributed by atoms with Crippen molar-refractivity contribution in [2.75, 3.05) is 0 Å². The predicted molar refractivity (Wildman–Crippen MR) is 92.1 cm³/mol. The van der Waals surface area contributed by atoms with Crippen LogP contribution in [0.5, 0.6) is 0 Å². The van der Waals surface area contributed by atoms with E-state index in [0.29, 0.717) is 17.4 Å². The molecule has 0 bridgehead atoms. The van der Waals surface area contributed by atoms with Crippen molar-refractivity contribution in [2.24, 2.45) is 11.8 Å². The highest BCUT2D eigenvalue weighted by molar-refractivity contribution is 5.87. The summed E-state index contributed by atoms with van der Waals surface area (Å²) in [6.45, 7) is 17.0. The molecule has 0 amide bonds. The Bertz CT molecular complexity index is 431. The zero-order chi connectivity index (χ0) is 18.0. The minimum atomic E-state index is -0.877. The molecule has 1 fully saturated rings. The third-order valence-corrected chi connectivity index (χ3v) is 5.36. The quantitative estimate of drug-likeness (QED) is 0.516. The van der Waals surface area contributed by atoms with Gasteiger partial charge in [-0.1, -0.05) is 20.4 Å². The molecule has 0 heterocycles. The molecule has 4 unspecified atom stereocenters. The number of ether oxygens (including phenoxy) is 2. The smallest absolute Gasteiger partial charge is 0.333 e. The summed E-state index contributed by atoms with van der Waals surface area (Å²) in [4.78, 5) is 11.7. The summed E-state index contributed by atoms with van der Waals surface area (Å²) < 4.78 is 11.8. The predicted octanol–water partition coefficient (Wildman–Crippen LogP) is 3.87. The Morgan fingerprint density at radius 2 is 1.83 bits per heavy atom. The van der Waals surface area contributed by atoms with Crippen LogP contribution in [-0.4, -0.2) is 34.5 Å². The summed E-state index contributed by atoms with van der Waals surface area (Å²) >= 11 is 0. The van der Waals surface area contributed by atoms with Gasteiger partial charge >= 0.3 is 5.97 Å². The Labute approximate surface area is 141 Å². The van der Waals surface area contributed by atoms with Crippen molar-refractivity contribution >= 4 is 5.97 Å². The molecule has 4 atom stereocenters. The lowest BCUT2D eigenvalue weighted by molar-refractivity contribution is -0.172. The van der Waals surface area contributed by atoms with Gasteiger partial charge in [0.15, 0.2) is 0 Å². The van der Waals surface area contributed by atoms with E-state index in [2.05, 4.69) is 20.4 Å². The molecule has 0 aromatic heterocycles. The first-order valence-electron chi connectivity index (χ1n) is 8.75. The molecule has 4 heteroatoms. The molecule has 0 saturated heterocycles. The maximum Gasteiger partial charge on any atom is 0.333 e. The van der Waals surface area contributed by atoms with Crippen LogP contribution in [0.4, 0.5) is 0 Å². The standard InChI is InChI=1S/C19H34O4/c1-9-19(10-2,23-14(6)18(7,8)21)16-11-15(16)13(5)22-17(20)12(3)4/h13-16,21H,3,9-11H2,1-2,4-8H3. The Hall–Kier alpha value is -0.870. The van der Waals surface area contributed by atoms with Gasteiger partial charge in [-0.25, -0.2) is 4.79 Å². The lowest BCUT2D eigenvalue weighted by Gasteiger charge is -2.39. The van der Waals surface area contributed by atoms with Gasteiger partial charge in [0.25, 0.3) is 0 Å². The van der Waals surface area contributed by atoms with E-state index in [-0.39, 0.29) is 23.8 Å². The average molecular weight is 326 g/mol. The fourth-order valence-corrected chi connectivity index (χ4v) is 3.22. The average Bonchev–Trinajstić information content (AvgIpc) is 3.24. The molecule has 1 saturated carbocycles. The van der Waals surface area contributed by atoms with Gasteiger partial charge < -0.3 is 14.6 Å². The molecule has 1 aliphatic carbocycles. The molecule has 0 aromatic rings. The van der Waals surface area contributed by atoms with E-state index in [9.17, 15) is 9.90 Å². The molecule has 0 radical (unpaired) electrons. The molecule has 134 valence electrons. The van der Waals surface area contributed by atoms with E-state index in [1.807, 2.05) is 13.8 Å². The number of carbonyl (C=O) groups is 1. The normalized spacial score (nSPS) is 24.0. The molecule has 0 aromatic carbocycles. The van der Waals surface area contributed by atoms with Gasteiger partial charge in [0.2, 0.25) is 0 Å². The van der Waals surface area contributed by atoms with E-state index in [0.717, 1.165) is 19.3 Å². The van der Waals surface area contributed by atoms with Crippen molar-refractivity contribution in [3.63, 3.8) is 0 Å². The topological polar surface area (TPSA) is 55.8 Å². The second-order valence-corrected chi connectivity index (χ2v) is 7.58. The second-order valence-electron chi connectivity index (χ2n) is 7.58. The SMILES string of the molecule is C=C(C)C(=O)OC(C)C1CC1C(CC)(CC)OC(C)C(C)(C)O. The van der Waals surface area contributed by atoms with Crippen LogP contribution in [0.3, 0.4) is 0 Å². The lowest BCUT2D eigenvalue weighted by Crippen LogP contribution is -2.46. The summed E-state index contributed by atoms with van der Waals surface area (Å²) in [6.07, 6.45) is 2.36. The van der Waals surface area contributed by atoms with Crippen LogP contribution < -0.4 is 0 Å². The molecular weight excluding hydrogens is 292 g/mol. The molecule has 4 nitrogen and oxygen atoms in total. The van der Waals surface area contributed by atoms with Crippen molar-refractivity contribution in [3.05, 3.63) is 12.2 Å². The van der Waals surface area contributed by atoms with E-state index in [1.54, 1.807) is 20.8 Å². The molecule has 1 rings (SSSR count). The first-order valence-corrected chi connectivity index (χ1v) is 8.75. The number of rotatable bonds is 9. The zero-order valence-electron chi connectivity index (χ0n) is 15.8. The van der Waals surface area contributed by atoms with Gasteiger partial charge in [-0.15, -0.1) is 0 Å². The highest BCUT2D eigenvalue weighted by Crippen LogP contribution is 2.54. The largest absolute Gasteiger partial charge is 0.459 e. The number of esters is 1. The second kappa shape index (κ2) is 7.35. The molecule has 23 heavy (non-hydrogen) atoms. The first-order chi connectivity index (χ1) is 10.5. The maximum atomic E-state index is 11.7. The van der Waals surface area contributed by atoms with Gasteiger partial charge in [-0.3, -0.25) is 0 Å². The van der Waals surface area contributed by atoms with Crippen LogP contribution in [0.25, 0.3) is 0 Å². The van der Waals surface area contributed by atoms with E-state index >= 15 is 0 Å². The van der Waals surface area contributed by atoms with Crippen molar-refractivity contribution in [2.45, 2.75) is 91.1 Å². The monoisotopic (exact) mass is 326 g/mol. The highest BCUT2D eigenvalue weighted by Gasteiger charge is 2.55. The molecule has 1 N–H and O–H groups in total. The lowest BCUT2D eigenvalue weighted by atomic mass is 9.88. The van der Waals surface area contributed by atoms with Crippen molar-refractivity contribution in [1.29, 1.82) is 0 Å². The number of carbonyl (C=O) groups excluding carboxylic acids is 1. The van der Waals surface area contributed by atoms with Crippen molar-refractivity contribution in [3.8, 4) is 0 Å². The first kappa shape index (κ1) is 20.2. The number of aliphatic hydroxyl groups is 1. The van der Waals surface area contributed by atoms with Gasteiger partial charge in [0, 0.05) is 11.5 Å². The molecular formula is C19H34O4. The Kier molecular flexibility index (Phi) is 6.45. The van der Waals surface area contributed by atoms with E-state index < -0.39 is 5.60 Å². The molecule has 0 aliphatic heterocycles. The third-order valence-electron chi connectivity index (χ3n) is 5.36. The van der Waals surface area contributed by atoms with Gasteiger partial charge in [-0.2, -0.15) is 0 Å². The zero-order valence-corrected chi connectivity index (χ0v) is 15.8.